The molecule has 0 bridgehead atoms. The molecule has 2 aromatic carbocycles. The molecule has 0 aromatic heterocycles. The first-order valence-electron chi connectivity index (χ1n) is 6.94. The van der Waals surface area contributed by atoms with Gasteiger partial charge in [0.1, 0.15) is 5.75 Å². The zero-order chi connectivity index (χ0) is 15.4. The van der Waals surface area contributed by atoms with Gasteiger partial charge in [-0.3, -0.25) is 0 Å². The Morgan fingerprint density at radius 1 is 1.00 bits per heavy atom. The van der Waals surface area contributed by atoms with Gasteiger partial charge in [0, 0.05) is 12.1 Å². The summed E-state index contributed by atoms with van der Waals surface area (Å²) in [7, 11) is 0. The highest BCUT2D eigenvalue weighted by Gasteiger charge is 2.11. The molecule has 0 saturated heterocycles. The number of phenolic OH excluding ortho intramolecular Hbond substituents is 1. The second-order valence-corrected chi connectivity index (χ2v) is 6.15. The molecule has 0 aliphatic carbocycles. The van der Waals surface area contributed by atoms with Crippen molar-refractivity contribution < 1.29 is 5.11 Å². The minimum atomic E-state index is 0.187. The summed E-state index contributed by atoms with van der Waals surface area (Å²) in [6.07, 6.45) is 0.895. The molecule has 0 saturated carbocycles. The Morgan fingerprint density at radius 3 is 2.29 bits per heavy atom. The van der Waals surface area contributed by atoms with Gasteiger partial charge in [0.2, 0.25) is 0 Å². The molecule has 0 heterocycles. The number of hydrogen-bond acceptors (Lipinski definition) is 2. The maximum Gasteiger partial charge on any atom is 0.115 e. The fourth-order valence-corrected chi connectivity index (χ4v) is 2.66. The predicted molar refractivity (Wildman–Crippen MR) is 89.3 cm³/mol. The quantitative estimate of drug-likeness (QED) is 0.813. The zero-order valence-electron chi connectivity index (χ0n) is 12.1. The Bertz CT molecular complexity index is 598. The molecule has 4 heteroatoms. The van der Waals surface area contributed by atoms with Crippen LogP contribution in [0.15, 0.2) is 42.5 Å². The van der Waals surface area contributed by atoms with Crippen LogP contribution in [0, 0.1) is 0 Å². The Labute approximate surface area is 135 Å². The largest absolute Gasteiger partial charge is 0.508 e. The number of halogens is 2. The third-order valence-electron chi connectivity index (χ3n) is 3.46. The summed E-state index contributed by atoms with van der Waals surface area (Å²) in [5.41, 5.74) is 2.30. The van der Waals surface area contributed by atoms with Crippen molar-refractivity contribution in [1.29, 1.82) is 0 Å². The zero-order valence-corrected chi connectivity index (χ0v) is 13.6. The number of aromatic hydroxyl groups is 1. The molecule has 21 heavy (non-hydrogen) atoms. The van der Waals surface area contributed by atoms with Crippen molar-refractivity contribution in [3.63, 3.8) is 0 Å². The van der Waals surface area contributed by atoms with Crippen LogP contribution in [-0.4, -0.2) is 11.1 Å². The Kier molecular flexibility index (Phi) is 5.51. The molecule has 2 rings (SSSR count). The first kappa shape index (κ1) is 16.2. The van der Waals surface area contributed by atoms with Crippen molar-refractivity contribution in [3.05, 3.63) is 63.6 Å². The van der Waals surface area contributed by atoms with Crippen LogP contribution in [0.4, 0.5) is 0 Å². The third kappa shape index (κ3) is 4.63. The topological polar surface area (TPSA) is 32.3 Å². The smallest absolute Gasteiger partial charge is 0.115 e. The minimum absolute atomic E-state index is 0.187. The monoisotopic (exact) mass is 323 g/mol. The van der Waals surface area contributed by atoms with Crippen LogP contribution in [0.5, 0.6) is 5.75 Å². The highest BCUT2D eigenvalue weighted by Crippen LogP contribution is 2.25. The molecular weight excluding hydrogens is 305 g/mol. The molecule has 2 nitrogen and oxygen atoms in total. The van der Waals surface area contributed by atoms with E-state index in [9.17, 15) is 5.11 Å². The minimum Gasteiger partial charge on any atom is -0.508 e. The van der Waals surface area contributed by atoms with E-state index < -0.39 is 0 Å². The van der Waals surface area contributed by atoms with E-state index in [1.54, 1.807) is 12.1 Å². The first-order valence-corrected chi connectivity index (χ1v) is 7.70. The Balaban J connectivity index is 1.96. The van der Waals surface area contributed by atoms with Gasteiger partial charge in [-0.2, -0.15) is 0 Å². The summed E-state index contributed by atoms with van der Waals surface area (Å²) >= 11 is 12.0. The van der Waals surface area contributed by atoms with Gasteiger partial charge < -0.3 is 10.4 Å². The lowest BCUT2D eigenvalue weighted by molar-refractivity contribution is 0.470. The molecule has 0 spiro atoms. The molecular formula is C17H19Cl2NO. The Morgan fingerprint density at radius 2 is 1.67 bits per heavy atom. The normalized spacial score (nSPS) is 13.9. The van der Waals surface area contributed by atoms with E-state index in [-0.39, 0.29) is 6.04 Å². The third-order valence-corrected chi connectivity index (χ3v) is 4.20. The predicted octanol–water partition coefficient (Wildman–Crippen LogP) is 4.98. The van der Waals surface area contributed by atoms with Crippen LogP contribution >= 0.6 is 23.2 Å². The van der Waals surface area contributed by atoms with Gasteiger partial charge in [-0.05, 0) is 55.7 Å². The molecule has 0 fully saturated rings. The van der Waals surface area contributed by atoms with Crippen molar-refractivity contribution in [2.75, 3.05) is 0 Å². The summed E-state index contributed by atoms with van der Waals surface area (Å²) in [6.45, 7) is 4.24. The lowest BCUT2D eigenvalue weighted by atomic mass is 10.0. The lowest BCUT2D eigenvalue weighted by Gasteiger charge is -2.21. The number of rotatable bonds is 5. The first-order chi connectivity index (χ1) is 9.95. The van der Waals surface area contributed by atoms with Gasteiger partial charge in [0.25, 0.3) is 0 Å². The highest BCUT2D eigenvalue weighted by atomic mass is 35.5. The number of benzene rings is 2. The van der Waals surface area contributed by atoms with Gasteiger partial charge in [-0.1, -0.05) is 41.4 Å². The van der Waals surface area contributed by atoms with E-state index in [0.717, 1.165) is 12.0 Å². The van der Waals surface area contributed by atoms with Crippen LogP contribution in [0.1, 0.15) is 31.0 Å². The molecule has 2 atom stereocenters. The fraction of sp³-hybridized carbons (Fsp3) is 0.294. The second kappa shape index (κ2) is 7.17. The second-order valence-electron chi connectivity index (χ2n) is 5.33. The average molecular weight is 324 g/mol. The molecule has 0 amide bonds. The van der Waals surface area contributed by atoms with Crippen LogP contribution in [0.3, 0.4) is 0 Å². The SMILES string of the molecule is CC(Cc1ccc(O)cc1)NC(C)c1ccc(Cl)c(Cl)c1. The van der Waals surface area contributed by atoms with E-state index in [2.05, 4.69) is 19.2 Å². The van der Waals surface area contributed by atoms with Gasteiger partial charge in [-0.25, -0.2) is 0 Å². The Hall–Kier alpha value is -1.22. The molecule has 112 valence electrons. The molecule has 2 aromatic rings. The van der Waals surface area contributed by atoms with Crippen LogP contribution in [0.25, 0.3) is 0 Å². The maximum atomic E-state index is 9.29. The molecule has 0 aliphatic heterocycles. The summed E-state index contributed by atoms with van der Waals surface area (Å²) < 4.78 is 0. The number of hydrogen-bond donors (Lipinski definition) is 2. The van der Waals surface area contributed by atoms with Gasteiger partial charge in [-0.15, -0.1) is 0 Å². The van der Waals surface area contributed by atoms with Gasteiger partial charge in [0.15, 0.2) is 0 Å². The van der Waals surface area contributed by atoms with Crippen molar-refractivity contribution in [3.8, 4) is 5.75 Å². The summed E-state index contributed by atoms with van der Waals surface area (Å²) in [5, 5.41) is 14.0. The molecule has 2 N–H and O–H groups in total. The van der Waals surface area contributed by atoms with Gasteiger partial charge in [0.05, 0.1) is 10.0 Å². The van der Waals surface area contributed by atoms with E-state index >= 15 is 0 Å². The van der Waals surface area contributed by atoms with Crippen molar-refractivity contribution in [2.45, 2.75) is 32.4 Å². The van der Waals surface area contributed by atoms with Crippen LogP contribution in [-0.2, 0) is 6.42 Å². The van der Waals surface area contributed by atoms with E-state index in [1.807, 2.05) is 30.3 Å². The van der Waals surface area contributed by atoms with Crippen LogP contribution in [0.2, 0.25) is 10.0 Å². The van der Waals surface area contributed by atoms with E-state index in [4.69, 9.17) is 23.2 Å². The lowest BCUT2D eigenvalue weighted by Crippen LogP contribution is -2.30. The summed E-state index contributed by atoms with van der Waals surface area (Å²) in [5.74, 6) is 0.295. The van der Waals surface area contributed by atoms with Crippen molar-refractivity contribution >= 4 is 23.2 Å². The van der Waals surface area contributed by atoms with E-state index in [0.29, 0.717) is 21.8 Å². The van der Waals surface area contributed by atoms with Crippen molar-refractivity contribution in [1.82, 2.24) is 5.32 Å². The number of nitrogens with one attached hydrogen (secondary N) is 1. The average Bonchev–Trinajstić information content (AvgIpc) is 2.44. The summed E-state index contributed by atoms with van der Waals surface area (Å²) in [6, 6.07) is 13.5. The van der Waals surface area contributed by atoms with Crippen LogP contribution < -0.4 is 5.32 Å². The van der Waals surface area contributed by atoms with Gasteiger partial charge >= 0.3 is 0 Å². The molecule has 0 aliphatic rings. The summed E-state index contributed by atoms with van der Waals surface area (Å²) in [4.78, 5) is 0. The number of phenols is 1. The maximum absolute atomic E-state index is 9.29. The molecule has 0 radical (unpaired) electrons. The fourth-order valence-electron chi connectivity index (χ4n) is 2.35. The van der Waals surface area contributed by atoms with E-state index in [1.165, 1.54) is 5.56 Å². The highest BCUT2D eigenvalue weighted by molar-refractivity contribution is 6.42. The standard InChI is InChI=1S/C17H19Cl2NO/c1-11(9-13-3-6-15(21)7-4-13)20-12(2)14-5-8-16(18)17(19)10-14/h3-8,10-12,20-21H,9H2,1-2H3. The van der Waals surface area contributed by atoms with Crippen molar-refractivity contribution in [2.24, 2.45) is 0 Å². The molecule has 2 unspecified atom stereocenters.